The molecular formula is C17H26ClN. The van der Waals surface area contributed by atoms with Crippen molar-refractivity contribution in [3.8, 4) is 0 Å². The zero-order valence-corrected chi connectivity index (χ0v) is 12.8. The van der Waals surface area contributed by atoms with Crippen LogP contribution in [0.5, 0.6) is 0 Å². The summed E-state index contributed by atoms with van der Waals surface area (Å²) in [7, 11) is 0. The van der Waals surface area contributed by atoms with Gasteiger partial charge in [-0.05, 0) is 56.6 Å². The van der Waals surface area contributed by atoms with E-state index in [4.69, 9.17) is 11.6 Å². The Hall–Kier alpha value is -0.530. The van der Waals surface area contributed by atoms with E-state index in [2.05, 4.69) is 42.6 Å². The molecule has 1 fully saturated rings. The first-order valence-corrected chi connectivity index (χ1v) is 8.12. The van der Waals surface area contributed by atoms with Crippen molar-refractivity contribution in [3.05, 3.63) is 35.9 Å². The Balaban J connectivity index is 1.72. The molecule has 2 heteroatoms. The Morgan fingerprint density at radius 1 is 1.21 bits per heavy atom. The molecule has 1 aromatic rings. The predicted octanol–water partition coefficient (Wildman–Crippen LogP) is 4.40. The van der Waals surface area contributed by atoms with E-state index in [0.29, 0.717) is 0 Å². The van der Waals surface area contributed by atoms with Crippen LogP contribution in [-0.4, -0.2) is 18.0 Å². The maximum atomic E-state index is 6.22. The normalized spacial score (nSPS) is 27.4. The van der Waals surface area contributed by atoms with Gasteiger partial charge in [0.25, 0.3) is 0 Å². The van der Waals surface area contributed by atoms with Crippen molar-refractivity contribution in [2.75, 3.05) is 12.4 Å². The van der Waals surface area contributed by atoms with Gasteiger partial charge in [0.1, 0.15) is 0 Å². The van der Waals surface area contributed by atoms with E-state index in [9.17, 15) is 0 Å². The molecule has 0 heterocycles. The third-order valence-corrected chi connectivity index (χ3v) is 4.98. The fourth-order valence-corrected chi connectivity index (χ4v) is 3.32. The smallest absolute Gasteiger partial charge is 0.0406 e. The standard InChI is InChI=1S/C17H26ClN/c1-15-9-11-17(14-18,12-10-15)19-13-5-8-16-6-3-2-4-7-16/h2-4,6-7,15,19H,5,8-14H2,1H3. The van der Waals surface area contributed by atoms with Gasteiger partial charge in [0.15, 0.2) is 0 Å². The van der Waals surface area contributed by atoms with Crippen LogP contribution in [-0.2, 0) is 6.42 Å². The average molecular weight is 280 g/mol. The minimum atomic E-state index is 0.213. The minimum absolute atomic E-state index is 0.213. The summed E-state index contributed by atoms with van der Waals surface area (Å²) < 4.78 is 0. The highest BCUT2D eigenvalue weighted by molar-refractivity contribution is 6.18. The zero-order chi connectivity index (χ0) is 13.6. The lowest BCUT2D eigenvalue weighted by Gasteiger charge is -2.39. The van der Waals surface area contributed by atoms with Gasteiger partial charge in [-0.15, -0.1) is 11.6 Å². The molecule has 0 atom stereocenters. The maximum absolute atomic E-state index is 6.22. The van der Waals surface area contributed by atoms with Crippen LogP contribution in [0.1, 0.15) is 44.6 Å². The Kier molecular flexibility index (Phi) is 5.72. The molecule has 106 valence electrons. The van der Waals surface area contributed by atoms with E-state index >= 15 is 0 Å². The van der Waals surface area contributed by atoms with Gasteiger partial charge in [0.05, 0.1) is 0 Å². The third kappa shape index (κ3) is 4.50. The van der Waals surface area contributed by atoms with Gasteiger partial charge < -0.3 is 5.32 Å². The summed E-state index contributed by atoms with van der Waals surface area (Å²) >= 11 is 6.22. The quantitative estimate of drug-likeness (QED) is 0.601. The highest BCUT2D eigenvalue weighted by Gasteiger charge is 2.32. The Labute approximate surface area is 122 Å². The van der Waals surface area contributed by atoms with Crippen LogP contribution in [0.3, 0.4) is 0 Å². The molecule has 0 aromatic heterocycles. The average Bonchev–Trinajstić information content (AvgIpc) is 2.47. The zero-order valence-electron chi connectivity index (χ0n) is 12.0. The molecule has 0 aliphatic heterocycles. The van der Waals surface area contributed by atoms with Gasteiger partial charge in [-0.1, -0.05) is 37.3 Å². The lowest BCUT2D eigenvalue weighted by Crippen LogP contribution is -2.49. The minimum Gasteiger partial charge on any atom is -0.310 e. The van der Waals surface area contributed by atoms with E-state index in [-0.39, 0.29) is 5.54 Å². The molecule has 1 nitrogen and oxygen atoms in total. The maximum Gasteiger partial charge on any atom is 0.0406 e. The molecular weight excluding hydrogens is 254 g/mol. The van der Waals surface area contributed by atoms with Gasteiger partial charge in [-0.25, -0.2) is 0 Å². The molecule has 0 radical (unpaired) electrons. The lowest BCUT2D eigenvalue weighted by molar-refractivity contribution is 0.217. The Morgan fingerprint density at radius 2 is 1.89 bits per heavy atom. The van der Waals surface area contributed by atoms with Gasteiger partial charge in [0, 0.05) is 11.4 Å². The largest absolute Gasteiger partial charge is 0.310 e. The molecule has 1 aliphatic rings. The van der Waals surface area contributed by atoms with Crippen LogP contribution in [0.4, 0.5) is 0 Å². The van der Waals surface area contributed by atoms with Crippen molar-refractivity contribution in [1.29, 1.82) is 0 Å². The predicted molar refractivity (Wildman–Crippen MR) is 83.8 cm³/mol. The van der Waals surface area contributed by atoms with Gasteiger partial charge in [-0.3, -0.25) is 0 Å². The first kappa shape index (κ1) is 14.9. The number of nitrogens with one attached hydrogen (secondary N) is 1. The number of benzene rings is 1. The van der Waals surface area contributed by atoms with Gasteiger partial charge in [-0.2, -0.15) is 0 Å². The second-order valence-corrected chi connectivity index (χ2v) is 6.38. The second kappa shape index (κ2) is 7.31. The van der Waals surface area contributed by atoms with Crippen molar-refractivity contribution in [1.82, 2.24) is 5.32 Å². The first-order chi connectivity index (χ1) is 9.24. The van der Waals surface area contributed by atoms with Crippen LogP contribution < -0.4 is 5.32 Å². The van der Waals surface area contributed by atoms with E-state index in [1.54, 1.807) is 0 Å². The Bertz CT molecular complexity index is 355. The number of aryl methyl sites for hydroxylation is 1. The number of alkyl halides is 1. The molecule has 1 aliphatic carbocycles. The summed E-state index contributed by atoms with van der Waals surface area (Å²) in [6.07, 6.45) is 7.46. The third-order valence-electron chi connectivity index (χ3n) is 4.47. The first-order valence-electron chi connectivity index (χ1n) is 7.59. The highest BCUT2D eigenvalue weighted by atomic mass is 35.5. The van der Waals surface area contributed by atoms with Crippen molar-refractivity contribution in [2.45, 2.75) is 51.0 Å². The highest BCUT2D eigenvalue weighted by Crippen LogP contribution is 2.32. The molecule has 2 rings (SSSR count). The van der Waals surface area contributed by atoms with E-state index in [1.165, 1.54) is 37.7 Å². The SMILES string of the molecule is CC1CCC(CCl)(NCCCc2ccccc2)CC1. The summed E-state index contributed by atoms with van der Waals surface area (Å²) in [5, 5.41) is 3.74. The van der Waals surface area contributed by atoms with Crippen molar-refractivity contribution >= 4 is 11.6 Å². The summed E-state index contributed by atoms with van der Waals surface area (Å²) in [6.45, 7) is 3.43. The molecule has 1 aromatic carbocycles. The fourth-order valence-electron chi connectivity index (χ4n) is 2.96. The van der Waals surface area contributed by atoms with Crippen LogP contribution in [0, 0.1) is 5.92 Å². The molecule has 0 spiro atoms. The van der Waals surface area contributed by atoms with Crippen LogP contribution in [0.2, 0.25) is 0 Å². The lowest BCUT2D eigenvalue weighted by atomic mass is 9.78. The van der Waals surface area contributed by atoms with E-state index in [1.807, 2.05) is 0 Å². The number of halogens is 1. The van der Waals surface area contributed by atoms with Gasteiger partial charge in [0.2, 0.25) is 0 Å². The van der Waals surface area contributed by atoms with Crippen molar-refractivity contribution < 1.29 is 0 Å². The number of rotatable bonds is 6. The van der Waals surface area contributed by atoms with Crippen molar-refractivity contribution in [2.24, 2.45) is 5.92 Å². The number of hydrogen-bond acceptors (Lipinski definition) is 1. The van der Waals surface area contributed by atoms with E-state index in [0.717, 1.165) is 24.8 Å². The van der Waals surface area contributed by atoms with Gasteiger partial charge >= 0.3 is 0 Å². The van der Waals surface area contributed by atoms with Crippen LogP contribution in [0.25, 0.3) is 0 Å². The summed E-state index contributed by atoms with van der Waals surface area (Å²) in [6, 6.07) is 10.7. The summed E-state index contributed by atoms with van der Waals surface area (Å²) in [5.74, 6) is 1.63. The molecule has 0 amide bonds. The van der Waals surface area contributed by atoms with Crippen LogP contribution >= 0.6 is 11.6 Å². The molecule has 19 heavy (non-hydrogen) atoms. The molecule has 0 unspecified atom stereocenters. The summed E-state index contributed by atoms with van der Waals surface area (Å²) in [5.41, 5.74) is 1.64. The number of hydrogen-bond donors (Lipinski definition) is 1. The molecule has 1 N–H and O–H groups in total. The molecule has 1 saturated carbocycles. The van der Waals surface area contributed by atoms with E-state index < -0.39 is 0 Å². The van der Waals surface area contributed by atoms with Crippen LogP contribution in [0.15, 0.2) is 30.3 Å². The molecule has 0 bridgehead atoms. The topological polar surface area (TPSA) is 12.0 Å². The second-order valence-electron chi connectivity index (χ2n) is 6.11. The monoisotopic (exact) mass is 279 g/mol. The van der Waals surface area contributed by atoms with Crippen molar-refractivity contribution in [3.63, 3.8) is 0 Å². The summed E-state index contributed by atoms with van der Waals surface area (Å²) in [4.78, 5) is 0. The molecule has 0 saturated heterocycles. The Morgan fingerprint density at radius 3 is 2.53 bits per heavy atom. The fraction of sp³-hybridized carbons (Fsp3) is 0.647.